The number of thioether (sulfide) groups is 1. The van der Waals surface area contributed by atoms with E-state index in [1.165, 1.54) is 18.5 Å². The first-order chi connectivity index (χ1) is 8.78. The molecule has 2 N–H and O–H groups in total. The highest BCUT2D eigenvalue weighted by molar-refractivity contribution is 7.99. The number of nitrogens with one attached hydrogen (secondary N) is 1. The molecule has 0 aliphatic heterocycles. The zero-order chi connectivity index (χ0) is 12.5. The van der Waals surface area contributed by atoms with Gasteiger partial charge in [-0.05, 0) is 12.8 Å². The molecule has 3 rings (SSSR count). The van der Waals surface area contributed by atoms with E-state index in [9.17, 15) is 5.11 Å². The van der Waals surface area contributed by atoms with Crippen LogP contribution in [0.15, 0.2) is 16.6 Å². The monoisotopic (exact) mass is 283 g/mol. The summed E-state index contributed by atoms with van der Waals surface area (Å²) in [4.78, 5) is 5.69. The van der Waals surface area contributed by atoms with Crippen LogP contribution >= 0.6 is 23.1 Å². The van der Waals surface area contributed by atoms with Gasteiger partial charge in [0.1, 0.15) is 5.03 Å². The molecule has 1 unspecified atom stereocenters. The standard InChI is InChI=1S/C12H17N3OS2/c1-8(7-16)18-11-10(6-13-9-2-3-9)15-4-5-17-12(15)14-11/h4-5,8-9,13,16H,2-3,6-7H2,1H3. The average molecular weight is 283 g/mol. The van der Waals surface area contributed by atoms with Crippen LogP contribution in [0.3, 0.4) is 0 Å². The molecule has 0 bridgehead atoms. The van der Waals surface area contributed by atoms with Gasteiger partial charge >= 0.3 is 0 Å². The predicted molar refractivity (Wildman–Crippen MR) is 75.3 cm³/mol. The van der Waals surface area contributed by atoms with Crippen LogP contribution in [0.25, 0.3) is 4.96 Å². The Balaban J connectivity index is 1.84. The van der Waals surface area contributed by atoms with E-state index < -0.39 is 0 Å². The van der Waals surface area contributed by atoms with Crippen LogP contribution in [0.5, 0.6) is 0 Å². The fourth-order valence-corrected chi connectivity index (χ4v) is 3.52. The minimum absolute atomic E-state index is 0.186. The lowest BCUT2D eigenvalue weighted by molar-refractivity contribution is 0.300. The molecule has 0 spiro atoms. The molecule has 1 aliphatic rings. The molecule has 1 atom stereocenters. The smallest absolute Gasteiger partial charge is 0.194 e. The molecule has 2 aromatic rings. The SMILES string of the molecule is CC(CO)Sc1nc2sccn2c1CNC1CC1. The summed E-state index contributed by atoms with van der Waals surface area (Å²) in [5.41, 5.74) is 1.23. The van der Waals surface area contributed by atoms with Crippen molar-refractivity contribution in [3.05, 3.63) is 17.3 Å². The third kappa shape index (κ3) is 2.56. The second kappa shape index (κ2) is 5.21. The second-order valence-electron chi connectivity index (χ2n) is 4.69. The number of hydrogen-bond donors (Lipinski definition) is 2. The Labute approximate surface area is 114 Å². The van der Waals surface area contributed by atoms with Crippen molar-refractivity contribution in [2.24, 2.45) is 0 Å². The zero-order valence-corrected chi connectivity index (χ0v) is 11.9. The molecule has 1 aliphatic carbocycles. The molecule has 0 saturated heterocycles. The lowest BCUT2D eigenvalue weighted by atomic mass is 10.4. The van der Waals surface area contributed by atoms with Gasteiger partial charge in [-0.15, -0.1) is 11.3 Å². The number of hydrogen-bond acceptors (Lipinski definition) is 5. The Bertz CT molecular complexity index is 532. The van der Waals surface area contributed by atoms with Crippen molar-refractivity contribution in [1.82, 2.24) is 14.7 Å². The van der Waals surface area contributed by atoms with Gasteiger partial charge in [-0.3, -0.25) is 4.40 Å². The van der Waals surface area contributed by atoms with E-state index in [0.29, 0.717) is 6.04 Å². The van der Waals surface area contributed by atoms with E-state index in [-0.39, 0.29) is 11.9 Å². The number of imidazole rings is 1. The van der Waals surface area contributed by atoms with Crippen molar-refractivity contribution in [1.29, 1.82) is 0 Å². The fraction of sp³-hybridized carbons (Fsp3) is 0.583. The number of aliphatic hydroxyl groups is 1. The lowest BCUT2D eigenvalue weighted by Gasteiger charge is -2.08. The van der Waals surface area contributed by atoms with E-state index in [1.807, 2.05) is 6.92 Å². The molecule has 1 fully saturated rings. The third-order valence-corrected chi connectivity index (χ3v) is 4.89. The van der Waals surface area contributed by atoms with Gasteiger partial charge in [0.05, 0.1) is 12.3 Å². The molecule has 0 radical (unpaired) electrons. The molecule has 2 heterocycles. The van der Waals surface area contributed by atoms with Crippen LogP contribution in [0, 0.1) is 0 Å². The van der Waals surface area contributed by atoms with Gasteiger partial charge in [0, 0.05) is 29.4 Å². The Kier molecular flexibility index (Phi) is 3.61. The van der Waals surface area contributed by atoms with Crippen molar-refractivity contribution < 1.29 is 5.11 Å². The number of aliphatic hydroxyl groups excluding tert-OH is 1. The molecule has 98 valence electrons. The van der Waals surface area contributed by atoms with Crippen molar-refractivity contribution in [3.8, 4) is 0 Å². The number of nitrogens with zero attached hydrogens (tertiary/aromatic N) is 2. The summed E-state index contributed by atoms with van der Waals surface area (Å²) in [6, 6.07) is 0.697. The summed E-state index contributed by atoms with van der Waals surface area (Å²) in [5.74, 6) is 0. The van der Waals surface area contributed by atoms with E-state index in [4.69, 9.17) is 0 Å². The fourth-order valence-electron chi connectivity index (χ4n) is 1.82. The first kappa shape index (κ1) is 12.5. The van der Waals surface area contributed by atoms with E-state index >= 15 is 0 Å². The summed E-state index contributed by atoms with van der Waals surface area (Å²) in [6.45, 7) is 3.07. The summed E-state index contributed by atoms with van der Waals surface area (Å²) in [7, 11) is 0. The minimum atomic E-state index is 0.186. The number of rotatable bonds is 6. The van der Waals surface area contributed by atoms with Crippen molar-refractivity contribution in [2.75, 3.05) is 6.61 Å². The van der Waals surface area contributed by atoms with Crippen LogP contribution in [0.4, 0.5) is 0 Å². The molecular weight excluding hydrogens is 266 g/mol. The number of aromatic nitrogens is 2. The number of fused-ring (bicyclic) bond motifs is 1. The maximum Gasteiger partial charge on any atom is 0.194 e. The van der Waals surface area contributed by atoms with Gasteiger partial charge < -0.3 is 10.4 Å². The molecule has 0 amide bonds. The topological polar surface area (TPSA) is 49.6 Å². The van der Waals surface area contributed by atoms with Gasteiger partial charge in [0.2, 0.25) is 0 Å². The normalized spacial score (nSPS) is 17.4. The first-order valence-electron chi connectivity index (χ1n) is 6.23. The Morgan fingerprint density at radius 1 is 1.67 bits per heavy atom. The number of thiazole rings is 1. The lowest BCUT2D eigenvalue weighted by Crippen LogP contribution is -2.17. The van der Waals surface area contributed by atoms with Gasteiger partial charge in [-0.2, -0.15) is 0 Å². The van der Waals surface area contributed by atoms with Crippen LogP contribution in [-0.4, -0.2) is 32.4 Å². The molecule has 4 nitrogen and oxygen atoms in total. The molecule has 6 heteroatoms. The van der Waals surface area contributed by atoms with Crippen molar-refractivity contribution in [3.63, 3.8) is 0 Å². The van der Waals surface area contributed by atoms with Crippen LogP contribution in [0.1, 0.15) is 25.5 Å². The molecular formula is C12H17N3OS2. The maximum absolute atomic E-state index is 9.17. The van der Waals surface area contributed by atoms with Crippen molar-refractivity contribution in [2.45, 2.75) is 42.6 Å². The van der Waals surface area contributed by atoms with E-state index in [0.717, 1.165) is 16.5 Å². The highest BCUT2D eigenvalue weighted by Crippen LogP contribution is 2.29. The Hall–Kier alpha value is -0.560. The van der Waals surface area contributed by atoms with Crippen molar-refractivity contribution >= 4 is 28.1 Å². The molecule has 18 heavy (non-hydrogen) atoms. The molecule has 0 aromatic carbocycles. The molecule has 2 aromatic heterocycles. The summed E-state index contributed by atoms with van der Waals surface area (Å²) < 4.78 is 2.16. The predicted octanol–water partition coefficient (Wildman–Crippen LogP) is 2.12. The zero-order valence-electron chi connectivity index (χ0n) is 10.3. The summed E-state index contributed by atoms with van der Waals surface area (Å²) in [6.07, 6.45) is 4.66. The average Bonchev–Trinajstić information content (AvgIpc) is 2.99. The van der Waals surface area contributed by atoms with Crippen LogP contribution < -0.4 is 5.32 Å². The highest BCUT2D eigenvalue weighted by Gasteiger charge is 2.22. The quantitative estimate of drug-likeness (QED) is 0.797. The summed E-state index contributed by atoms with van der Waals surface area (Å²) in [5, 5.41) is 16.0. The van der Waals surface area contributed by atoms with E-state index in [1.54, 1.807) is 23.1 Å². The maximum atomic E-state index is 9.17. The largest absolute Gasteiger partial charge is 0.395 e. The van der Waals surface area contributed by atoms with Crippen LogP contribution in [-0.2, 0) is 6.54 Å². The third-order valence-electron chi connectivity index (χ3n) is 3.03. The van der Waals surface area contributed by atoms with Gasteiger partial charge in [0.15, 0.2) is 4.96 Å². The van der Waals surface area contributed by atoms with Crippen LogP contribution in [0.2, 0.25) is 0 Å². The van der Waals surface area contributed by atoms with E-state index in [2.05, 4.69) is 26.3 Å². The Morgan fingerprint density at radius 3 is 3.22 bits per heavy atom. The summed E-state index contributed by atoms with van der Waals surface area (Å²) >= 11 is 3.31. The van der Waals surface area contributed by atoms with Gasteiger partial charge in [-0.1, -0.05) is 18.7 Å². The minimum Gasteiger partial charge on any atom is -0.395 e. The van der Waals surface area contributed by atoms with Gasteiger partial charge in [0.25, 0.3) is 0 Å². The highest BCUT2D eigenvalue weighted by atomic mass is 32.2. The second-order valence-corrected chi connectivity index (χ2v) is 6.99. The molecule has 1 saturated carbocycles. The van der Waals surface area contributed by atoms with Gasteiger partial charge in [-0.25, -0.2) is 4.98 Å². The Morgan fingerprint density at radius 2 is 2.50 bits per heavy atom. The first-order valence-corrected chi connectivity index (χ1v) is 7.99.